The van der Waals surface area contributed by atoms with Crippen LogP contribution in [0.15, 0.2) is 72.8 Å². The van der Waals surface area contributed by atoms with Crippen LogP contribution in [0.5, 0.6) is 0 Å². The van der Waals surface area contributed by atoms with Crippen LogP contribution in [0.4, 0.5) is 11.4 Å². The van der Waals surface area contributed by atoms with Gasteiger partial charge in [0.25, 0.3) is 11.8 Å². The molecule has 0 bridgehead atoms. The van der Waals surface area contributed by atoms with Gasteiger partial charge in [-0.3, -0.25) is 9.59 Å². The Morgan fingerprint density at radius 1 is 0.897 bits per heavy atom. The summed E-state index contributed by atoms with van der Waals surface area (Å²) in [5.41, 5.74) is 3.70. The maximum Gasteiger partial charge on any atom is 0.276 e. The fraction of sp³-hybridized carbons (Fsp3) is 0.167. The molecule has 0 unspecified atom stereocenters. The number of anilines is 2. The zero-order chi connectivity index (χ0) is 20.0. The quantitative estimate of drug-likeness (QED) is 0.721. The molecular formula is C24H21N3O2. The molecule has 0 saturated heterocycles. The summed E-state index contributed by atoms with van der Waals surface area (Å²) in [6.45, 7) is 2.41. The first-order valence-electron chi connectivity index (χ1n) is 9.75. The van der Waals surface area contributed by atoms with E-state index in [4.69, 9.17) is 0 Å². The Labute approximate surface area is 169 Å². The van der Waals surface area contributed by atoms with Crippen LogP contribution in [0, 0.1) is 6.92 Å². The minimum absolute atomic E-state index is 0.139. The van der Waals surface area contributed by atoms with Gasteiger partial charge in [-0.1, -0.05) is 54.1 Å². The lowest BCUT2D eigenvalue weighted by Crippen LogP contribution is -2.61. The van der Waals surface area contributed by atoms with Crippen molar-refractivity contribution in [1.29, 1.82) is 0 Å². The average molecular weight is 383 g/mol. The number of nitrogens with one attached hydrogen (secondary N) is 2. The second-order valence-electron chi connectivity index (χ2n) is 7.58. The summed E-state index contributed by atoms with van der Waals surface area (Å²) in [5, 5.41) is 6.38. The lowest BCUT2D eigenvalue weighted by atomic mass is 9.91. The summed E-state index contributed by atoms with van der Waals surface area (Å²) < 4.78 is 0. The predicted molar refractivity (Wildman–Crippen MR) is 113 cm³/mol. The van der Waals surface area contributed by atoms with Crippen LogP contribution in [-0.4, -0.2) is 23.3 Å². The molecular weight excluding hydrogens is 362 g/mol. The van der Waals surface area contributed by atoms with Crippen molar-refractivity contribution in [2.24, 2.45) is 0 Å². The van der Waals surface area contributed by atoms with Gasteiger partial charge in [0.05, 0.1) is 5.56 Å². The topological polar surface area (TPSA) is 61.4 Å². The summed E-state index contributed by atoms with van der Waals surface area (Å²) >= 11 is 0. The standard InChI is InChI=1S/C24H21N3O2/c1-16-11-12-21-19(15-16)24(23(29)25-21)26-20-10-6-5-9-18(20)22(28)27(24)14-13-17-7-3-2-4-8-17/h2-12,15,26H,13-14H2,1H3,(H,25,29)/t24-/m0/s1. The van der Waals surface area contributed by atoms with Crippen molar-refractivity contribution >= 4 is 23.2 Å². The largest absolute Gasteiger partial charge is 0.350 e. The second-order valence-corrected chi connectivity index (χ2v) is 7.58. The molecule has 2 amide bonds. The minimum Gasteiger partial charge on any atom is -0.350 e. The van der Waals surface area contributed by atoms with Gasteiger partial charge in [0.2, 0.25) is 5.66 Å². The van der Waals surface area contributed by atoms with Gasteiger partial charge in [-0.25, -0.2) is 0 Å². The predicted octanol–water partition coefficient (Wildman–Crippen LogP) is 3.91. The zero-order valence-corrected chi connectivity index (χ0v) is 16.1. The van der Waals surface area contributed by atoms with E-state index >= 15 is 0 Å². The number of fused-ring (bicyclic) bond motifs is 3. The van der Waals surface area contributed by atoms with Crippen LogP contribution >= 0.6 is 0 Å². The monoisotopic (exact) mass is 383 g/mol. The molecule has 0 radical (unpaired) electrons. The fourth-order valence-electron chi connectivity index (χ4n) is 4.29. The van der Waals surface area contributed by atoms with Crippen LogP contribution in [0.2, 0.25) is 0 Å². The average Bonchev–Trinajstić information content (AvgIpc) is 3.00. The fourth-order valence-corrected chi connectivity index (χ4v) is 4.29. The molecule has 3 aromatic carbocycles. The number of aryl methyl sites for hydroxylation is 1. The molecule has 3 aromatic rings. The number of carbonyl (C=O) groups is 2. The number of rotatable bonds is 3. The molecule has 144 valence electrons. The van der Waals surface area contributed by atoms with Crippen LogP contribution in [0.1, 0.15) is 27.0 Å². The smallest absolute Gasteiger partial charge is 0.276 e. The number of hydrogen-bond acceptors (Lipinski definition) is 3. The molecule has 2 N–H and O–H groups in total. The number of para-hydroxylation sites is 1. The van der Waals surface area contributed by atoms with E-state index < -0.39 is 5.66 Å². The molecule has 5 rings (SSSR count). The van der Waals surface area contributed by atoms with Crippen LogP contribution < -0.4 is 10.6 Å². The van der Waals surface area contributed by atoms with Crippen molar-refractivity contribution in [2.45, 2.75) is 19.0 Å². The van der Waals surface area contributed by atoms with Gasteiger partial charge in [0.1, 0.15) is 0 Å². The van der Waals surface area contributed by atoms with E-state index in [-0.39, 0.29) is 11.8 Å². The molecule has 5 heteroatoms. The first-order valence-corrected chi connectivity index (χ1v) is 9.75. The summed E-state index contributed by atoms with van der Waals surface area (Å²) in [5.74, 6) is -0.367. The maximum absolute atomic E-state index is 13.5. The molecule has 1 spiro atoms. The number of hydrogen-bond donors (Lipinski definition) is 2. The molecule has 5 nitrogen and oxygen atoms in total. The van der Waals surface area contributed by atoms with Gasteiger partial charge in [0.15, 0.2) is 0 Å². The molecule has 0 saturated carbocycles. The Morgan fingerprint density at radius 2 is 1.66 bits per heavy atom. The maximum atomic E-state index is 13.5. The third-order valence-electron chi connectivity index (χ3n) is 5.73. The highest BCUT2D eigenvalue weighted by Gasteiger charge is 2.56. The van der Waals surface area contributed by atoms with E-state index in [0.29, 0.717) is 24.2 Å². The van der Waals surface area contributed by atoms with Gasteiger partial charge < -0.3 is 15.5 Å². The molecule has 0 fully saturated rings. The van der Waals surface area contributed by atoms with E-state index in [1.54, 1.807) is 11.0 Å². The van der Waals surface area contributed by atoms with E-state index in [9.17, 15) is 9.59 Å². The van der Waals surface area contributed by atoms with Crippen molar-refractivity contribution < 1.29 is 9.59 Å². The number of nitrogens with zero attached hydrogens (tertiary/aromatic N) is 1. The summed E-state index contributed by atoms with van der Waals surface area (Å²) in [7, 11) is 0. The second kappa shape index (κ2) is 6.48. The summed E-state index contributed by atoms with van der Waals surface area (Å²) in [6, 6.07) is 23.2. The first-order chi connectivity index (χ1) is 14.1. The van der Waals surface area contributed by atoms with Crippen LogP contribution in [0.3, 0.4) is 0 Å². The van der Waals surface area contributed by atoms with Crippen molar-refractivity contribution in [3.63, 3.8) is 0 Å². The van der Waals surface area contributed by atoms with E-state index in [1.807, 2.05) is 73.7 Å². The molecule has 2 aliphatic heterocycles. The van der Waals surface area contributed by atoms with Crippen molar-refractivity contribution in [1.82, 2.24) is 4.90 Å². The van der Waals surface area contributed by atoms with E-state index in [2.05, 4.69) is 10.6 Å². The molecule has 0 aromatic heterocycles. The molecule has 2 aliphatic rings. The van der Waals surface area contributed by atoms with Crippen LogP contribution in [0.25, 0.3) is 0 Å². The third-order valence-corrected chi connectivity index (χ3v) is 5.73. The highest BCUT2D eigenvalue weighted by molar-refractivity contribution is 6.14. The van der Waals surface area contributed by atoms with Gasteiger partial charge in [-0.05, 0) is 43.2 Å². The van der Waals surface area contributed by atoms with Crippen molar-refractivity contribution in [2.75, 3.05) is 17.2 Å². The molecule has 2 heterocycles. The number of amides is 2. The Hall–Kier alpha value is -3.60. The number of carbonyl (C=O) groups excluding carboxylic acids is 2. The lowest BCUT2D eigenvalue weighted by molar-refractivity contribution is -0.125. The van der Waals surface area contributed by atoms with E-state index in [0.717, 1.165) is 22.4 Å². The SMILES string of the molecule is Cc1ccc2c(c1)[C@@]1(Nc3ccccc3C(=O)N1CCc1ccccc1)C(=O)N2. The normalized spacial score (nSPS) is 19.6. The summed E-state index contributed by atoms with van der Waals surface area (Å²) in [6.07, 6.45) is 0.659. The molecule has 0 aliphatic carbocycles. The summed E-state index contributed by atoms with van der Waals surface area (Å²) in [4.78, 5) is 28.6. The number of benzene rings is 3. The Kier molecular flexibility index (Phi) is 3.91. The zero-order valence-electron chi connectivity index (χ0n) is 16.1. The first kappa shape index (κ1) is 17.5. The Morgan fingerprint density at radius 3 is 2.48 bits per heavy atom. The Balaban J connectivity index is 1.65. The van der Waals surface area contributed by atoms with Crippen LogP contribution in [-0.2, 0) is 16.9 Å². The lowest BCUT2D eigenvalue weighted by Gasteiger charge is -2.44. The molecule has 29 heavy (non-hydrogen) atoms. The molecule has 1 atom stereocenters. The van der Waals surface area contributed by atoms with Gasteiger partial charge in [-0.2, -0.15) is 0 Å². The van der Waals surface area contributed by atoms with E-state index in [1.165, 1.54) is 0 Å². The van der Waals surface area contributed by atoms with Gasteiger partial charge in [0, 0.05) is 23.5 Å². The third kappa shape index (κ3) is 2.62. The minimum atomic E-state index is -1.25. The van der Waals surface area contributed by atoms with Gasteiger partial charge in [-0.15, -0.1) is 0 Å². The highest BCUT2D eigenvalue weighted by Crippen LogP contribution is 2.45. The van der Waals surface area contributed by atoms with Crippen molar-refractivity contribution in [3.05, 3.63) is 95.1 Å². The van der Waals surface area contributed by atoms with Gasteiger partial charge >= 0.3 is 0 Å². The highest BCUT2D eigenvalue weighted by atomic mass is 16.2. The Bertz CT molecular complexity index is 1130. The van der Waals surface area contributed by atoms with Crippen molar-refractivity contribution in [3.8, 4) is 0 Å².